The van der Waals surface area contributed by atoms with E-state index in [1.807, 2.05) is 23.2 Å². The van der Waals surface area contributed by atoms with E-state index in [2.05, 4.69) is 30.1 Å². The molecule has 3 heterocycles. The van der Waals surface area contributed by atoms with E-state index in [0.717, 1.165) is 43.9 Å². The van der Waals surface area contributed by atoms with Crippen LogP contribution in [0.5, 0.6) is 11.5 Å². The molecule has 0 aliphatic carbocycles. The van der Waals surface area contributed by atoms with E-state index in [0.29, 0.717) is 13.2 Å². The third kappa shape index (κ3) is 3.66. The van der Waals surface area contributed by atoms with Gasteiger partial charge in [0.15, 0.2) is 11.5 Å². The van der Waals surface area contributed by atoms with Crippen LogP contribution in [-0.2, 0) is 17.6 Å². The fourth-order valence-electron chi connectivity index (χ4n) is 3.90. The molecule has 0 bridgehead atoms. The van der Waals surface area contributed by atoms with Crippen molar-refractivity contribution in [3.8, 4) is 11.5 Å². The average molecular weight is 352 g/mol. The van der Waals surface area contributed by atoms with Crippen molar-refractivity contribution in [2.45, 2.75) is 32.6 Å². The Kier molecular flexibility index (Phi) is 4.53. The minimum absolute atomic E-state index is 0.0799. The zero-order chi connectivity index (χ0) is 18.0. The van der Waals surface area contributed by atoms with Crippen LogP contribution in [0.15, 0.2) is 42.7 Å². The molecule has 1 atom stereocenters. The summed E-state index contributed by atoms with van der Waals surface area (Å²) >= 11 is 0. The highest BCUT2D eigenvalue weighted by Gasteiger charge is 2.35. The number of rotatable bonds is 5. The third-order valence-electron chi connectivity index (χ3n) is 5.33. The van der Waals surface area contributed by atoms with Crippen LogP contribution < -0.4 is 9.47 Å². The van der Waals surface area contributed by atoms with Gasteiger partial charge >= 0.3 is 0 Å². The van der Waals surface area contributed by atoms with Crippen molar-refractivity contribution in [1.29, 1.82) is 0 Å². The van der Waals surface area contributed by atoms with Gasteiger partial charge in [-0.05, 0) is 54.0 Å². The number of hydrogen-bond acceptors (Lipinski definition) is 4. The summed E-state index contributed by atoms with van der Waals surface area (Å²) in [5.74, 6) is 1.90. The molecule has 136 valence electrons. The summed E-state index contributed by atoms with van der Waals surface area (Å²) in [6.45, 7) is 4.12. The molecule has 1 amide bonds. The van der Waals surface area contributed by atoms with Gasteiger partial charge in [-0.15, -0.1) is 0 Å². The van der Waals surface area contributed by atoms with Gasteiger partial charge in [-0.2, -0.15) is 0 Å². The molecule has 2 aromatic rings. The summed E-state index contributed by atoms with van der Waals surface area (Å²) in [5.41, 5.74) is 2.48. The van der Waals surface area contributed by atoms with E-state index in [1.165, 1.54) is 11.1 Å². The highest BCUT2D eigenvalue weighted by Crippen LogP contribution is 2.37. The van der Waals surface area contributed by atoms with Crippen molar-refractivity contribution in [2.24, 2.45) is 5.41 Å². The first-order valence-corrected chi connectivity index (χ1v) is 9.17. The van der Waals surface area contributed by atoms with Crippen LogP contribution in [-0.4, -0.2) is 35.7 Å². The van der Waals surface area contributed by atoms with Gasteiger partial charge < -0.3 is 14.4 Å². The van der Waals surface area contributed by atoms with Gasteiger partial charge in [0.1, 0.15) is 0 Å². The molecule has 0 radical (unpaired) electrons. The molecular weight excluding hydrogens is 328 g/mol. The number of ether oxygens (including phenoxy) is 2. The normalized spacial score (nSPS) is 21.9. The summed E-state index contributed by atoms with van der Waals surface area (Å²) in [6.07, 6.45) is 6.97. The smallest absolute Gasteiger partial charge is 0.231 e. The molecule has 2 aliphatic rings. The number of nitrogens with zero attached hydrogens (tertiary/aromatic N) is 2. The van der Waals surface area contributed by atoms with Gasteiger partial charge in [-0.3, -0.25) is 9.78 Å². The van der Waals surface area contributed by atoms with E-state index >= 15 is 0 Å². The summed E-state index contributed by atoms with van der Waals surface area (Å²) in [5, 5.41) is 0. The van der Waals surface area contributed by atoms with Crippen molar-refractivity contribution < 1.29 is 14.3 Å². The lowest BCUT2D eigenvalue weighted by atomic mass is 9.76. The second-order valence-electron chi connectivity index (χ2n) is 7.60. The zero-order valence-corrected chi connectivity index (χ0v) is 15.1. The Bertz CT molecular complexity index is 793. The number of fused-ring (bicyclic) bond motifs is 1. The number of aromatic nitrogens is 1. The number of carbonyl (C=O) groups is 1. The van der Waals surface area contributed by atoms with E-state index in [1.54, 1.807) is 6.20 Å². The Morgan fingerprint density at radius 1 is 1.19 bits per heavy atom. The molecule has 26 heavy (non-hydrogen) atoms. The molecule has 5 nitrogen and oxygen atoms in total. The number of hydrogen-bond donors (Lipinski definition) is 0. The Labute approximate surface area is 153 Å². The maximum Gasteiger partial charge on any atom is 0.231 e. The first-order chi connectivity index (χ1) is 12.6. The molecule has 1 unspecified atom stereocenters. The van der Waals surface area contributed by atoms with Crippen LogP contribution in [0.2, 0.25) is 0 Å². The van der Waals surface area contributed by atoms with Gasteiger partial charge in [-0.25, -0.2) is 0 Å². The highest BCUT2D eigenvalue weighted by molar-refractivity contribution is 5.77. The van der Waals surface area contributed by atoms with Crippen LogP contribution in [0.3, 0.4) is 0 Å². The molecule has 1 saturated heterocycles. The van der Waals surface area contributed by atoms with Crippen molar-refractivity contribution in [1.82, 2.24) is 9.88 Å². The minimum atomic E-state index is 0.0799. The quantitative estimate of drug-likeness (QED) is 0.829. The summed E-state index contributed by atoms with van der Waals surface area (Å²) in [6, 6.07) is 10.2. The second kappa shape index (κ2) is 6.98. The molecule has 1 aromatic heterocycles. The minimum Gasteiger partial charge on any atom is -0.454 e. The van der Waals surface area contributed by atoms with Gasteiger partial charge in [-0.1, -0.05) is 19.1 Å². The van der Waals surface area contributed by atoms with Crippen molar-refractivity contribution >= 4 is 5.91 Å². The zero-order valence-electron chi connectivity index (χ0n) is 15.1. The largest absolute Gasteiger partial charge is 0.454 e. The SMILES string of the molecule is CC1(Cc2ccc3c(c2)OCO3)CCC(=O)N(CCc2cccnc2)C1. The lowest BCUT2D eigenvalue weighted by Crippen LogP contribution is -2.46. The lowest BCUT2D eigenvalue weighted by molar-refractivity contribution is -0.137. The Morgan fingerprint density at radius 3 is 2.92 bits per heavy atom. The Morgan fingerprint density at radius 2 is 2.08 bits per heavy atom. The summed E-state index contributed by atoms with van der Waals surface area (Å²) in [4.78, 5) is 18.6. The fraction of sp³-hybridized carbons (Fsp3) is 0.429. The molecule has 4 rings (SSSR count). The molecule has 1 fully saturated rings. The molecule has 5 heteroatoms. The van der Waals surface area contributed by atoms with Crippen LogP contribution in [0.1, 0.15) is 30.9 Å². The van der Waals surface area contributed by atoms with E-state index < -0.39 is 0 Å². The van der Waals surface area contributed by atoms with Crippen LogP contribution in [0.25, 0.3) is 0 Å². The first kappa shape index (κ1) is 16.9. The lowest BCUT2D eigenvalue weighted by Gasteiger charge is -2.40. The first-order valence-electron chi connectivity index (χ1n) is 9.17. The summed E-state index contributed by atoms with van der Waals surface area (Å²) in [7, 11) is 0. The van der Waals surface area contributed by atoms with Crippen molar-refractivity contribution in [3.05, 3.63) is 53.9 Å². The maximum absolute atomic E-state index is 12.4. The van der Waals surface area contributed by atoms with Crippen LogP contribution in [0, 0.1) is 5.41 Å². The molecule has 1 aromatic carbocycles. The van der Waals surface area contributed by atoms with Gasteiger partial charge in [0.05, 0.1) is 0 Å². The molecule has 0 spiro atoms. The predicted molar refractivity (Wildman–Crippen MR) is 98.1 cm³/mol. The van der Waals surface area contributed by atoms with Gasteiger partial charge in [0, 0.05) is 31.9 Å². The van der Waals surface area contributed by atoms with Crippen molar-refractivity contribution in [3.63, 3.8) is 0 Å². The third-order valence-corrected chi connectivity index (χ3v) is 5.33. The Hall–Kier alpha value is -2.56. The maximum atomic E-state index is 12.4. The van der Waals surface area contributed by atoms with Gasteiger partial charge in [0.25, 0.3) is 0 Å². The monoisotopic (exact) mass is 352 g/mol. The predicted octanol–water partition coefficient (Wildman–Crippen LogP) is 3.22. The van der Waals surface area contributed by atoms with Crippen molar-refractivity contribution in [2.75, 3.05) is 19.9 Å². The topological polar surface area (TPSA) is 51.7 Å². The van der Waals surface area contributed by atoms with Crippen LogP contribution in [0.4, 0.5) is 0 Å². The molecular formula is C21H24N2O3. The van der Waals surface area contributed by atoms with Crippen LogP contribution >= 0.6 is 0 Å². The average Bonchev–Trinajstić information content (AvgIpc) is 3.11. The second-order valence-corrected chi connectivity index (χ2v) is 7.60. The highest BCUT2D eigenvalue weighted by atomic mass is 16.7. The molecule has 0 N–H and O–H groups in total. The standard InChI is InChI=1S/C21H24N2O3/c1-21(12-17-4-5-18-19(11-17)26-15-25-18)8-6-20(24)23(14-21)10-7-16-3-2-9-22-13-16/h2-5,9,11,13H,6-8,10,12,14-15H2,1H3. The number of benzene rings is 1. The number of piperidine rings is 1. The van der Waals surface area contributed by atoms with Gasteiger partial charge in [0.2, 0.25) is 12.7 Å². The summed E-state index contributed by atoms with van der Waals surface area (Å²) < 4.78 is 10.9. The number of amides is 1. The Balaban J connectivity index is 1.42. The van der Waals surface area contributed by atoms with E-state index in [9.17, 15) is 4.79 Å². The number of likely N-dealkylation sites (tertiary alicyclic amines) is 1. The number of carbonyl (C=O) groups excluding carboxylic acids is 1. The van der Waals surface area contributed by atoms with E-state index in [4.69, 9.17) is 9.47 Å². The molecule has 0 saturated carbocycles. The molecule has 2 aliphatic heterocycles. The fourth-order valence-corrected chi connectivity index (χ4v) is 3.90. The number of pyridine rings is 1. The van der Waals surface area contributed by atoms with E-state index in [-0.39, 0.29) is 11.3 Å².